The predicted molar refractivity (Wildman–Crippen MR) is 94.3 cm³/mol. The predicted octanol–water partition coefficient (Wildman–Crippen LogP) is 3.48. The van der Waals surface area contributed by atoms with Crippen molar-refractivity contribution < 1.29 is 9.53 Å². The van der Waals surface area contributed by atoms with E-state index in [-0.39, 0.29) is 10.8 Å². The lowest BCUT2D eigenvalue weighted by Gasteiger charge is -2.19. The Morgan fingerprint density at radius 3 is 2.54 bits per heavy atom. The summed E-state index contributed by atoms with van der Waals surface area (Å²) in [6, 6.07) is 7.44. The Hall–Kier alpha value is -2.54. The minimum Gasteiger partial charge on any atom is -0.444 e. The quantitative estimate of drug-likeness (QED) is 0.730. The number of rotatable bonds is 4. The number of nitrogens with zero attached hydrogens (tertiary/aromatic N) is 2. The summed E-state index contributed by atoms with van der Waals surface area (Å²) in [5, 5.41) is 5.96. The van der Waals surface area contributed by atoms with Crippen LogP contribution in [0.3, 0.4) is 0 Å². The molecule has 128 valence electrons. The van der Waals surface area contributed by atoms with Crippen molar-refractivity contribution in [2.45, 2.75) is 32.9 Å². The molecule has 0 aliphatic carbocycles. The molecule has 0 atom stereocenters. The summed E-state index contributed by atoms with van der Waals surface area (Å²) >= 11 is 5.85. The van der Waals surface area contributed by atoms with Crippen molar-refractivity contribution in [3.8, 4) is 0 Å². The fraction of sp³-hybridized carbons (Fsp3) is 0.312. The monoisotopic (exact) mass is 349 g/mol. The Morgan fingerprint density at radius 1 is 1.25 bits per heavy atom. The van der Waals surface area contributed by atoms with Crippen LogP contribution in [-0.2, 0) is 11.3 Å². The smallest absolute Gasteiger partial charge is 0.407 e. The van der Waals surface area contributed by atoms with Gasteiger partial charge in [0.2, 0.25) is 0 Å². The molecular formula is C16H20ClN5O2. The molecule has 1 amide bonds. The molecule has 0 saturated heterocycles. The van der Waals surface area contributed by atoms with E-state index in [0.717, 1.165) is 11.3 Å². The lowest BCUT2D eigenvalue weighted by Crippen LogP contribution is -2.32. The van der Waals surface area contributed by atoms with Crippen LogP contribution < -0.4 is 16.4 Å². The zero-order valence-corrected chi connectivity index (χ0v) is 14.5. The highest BCUT2D eigenvalue weighted by atomic mass is 35.5. The van der Waals surface area contributed by atoms with Gasteiger partial charge in [0.25, 0.3) is 0 Å². The van der Waals surface area contributed by atoms with Gasteiger partial charge in [-0.05, 0) is 38.5 Å². The highest BCUT2D eigenvalue weighted by Gasteiger charge is 2.15. The van der Waals surface area contributed by atoms with Gasteiger partial charge in [-0.1, -0.05) is 23.7 Å². The van der Waals surface area contributed by atoms with Crippen molar-refractivity contribution in [3.63, 3.8) is 0 Å². The maximum atomic E-state index is 11.6. The number of nitrogens with one attached hydrogen (secondary N) is 2. The number of aromatic nitrogens is 2. The van der Waals surface area contributed by atoms with Crippen LogP contribution in [0, 0.1) is 0 Å². The molecule has 0 bridgehead atoms. The molecule has 24 heavy (non-hydrogen) atoms. The normalized spacial score (nSPS) is 11.0. The molecule has 1 aromatic heterocycles. The third-order valence-electron chi connectivity index (χ3n) is 2.89. The Morgan fingerprint density at radius 2 is 1.92 bits per heavy atom. The number of hydrogen-bond acceptors (Lipinski definition) is 6. The highest BCUT2D eigenvalue weighted by molar-refractivity contribution is 6.32. The van der Waals surface area contributed by atoms with Crippen molar-refractivity contribution in [1.82, 2.24) is 15.3 Å². The summed E-state index contributed by atoms with van der Waals surface area (Å²) in [6.07, 6.45) is 0.883. The molecule has 2 rings (SSSR count). The van der Waals surface area contributed by atoms with Gasteiger partial charge in [0.05, 0.1) is 0 Å². The van der Waals surface area contributed by atoms with Gasteiger partial charge in [0, 0.05) is 12.2 Å². The van der Waals surface area contributed by atoms with E-state index in [1.54, 1.807) is 0 Å². The maximum absolute atomic E-state index is 11.6. The van der Waals surface area contributed by atoms with Gasteiger partial charge in [-0.3, -0.25) is 0 Å². The van der Waals surface area contributed by atoms with E-state index in [1.807, 2.05) is 45.0 Å². The first kappa shape index (κ1) is 17.8. The summed E-state index contributed by atoms with van der Waals surface area (Å²) in [5.41, 5.74) is 7.30. The van der Waals surface area contributed by atoms with Crippen molar-refractivity contribution in [2.24, 2.45) is 0 Å². The van der Waals surface area contributed by atoms with E-state index in [2.05, 4.69) is 20.6 Å². The van der Waals surface area contributed by atoms with Crippen molar-refractivity contribution >= 4 is 34.9 Å². The molecule has 1 heterocycles. The largest absolute Gasteiger partial charge is 0.444 e. The minimum absolute atomic E-state index is 0.200. The molecule has 0 fully saturated rings. The van der Waals surface area contributed by atoms with Gasteiger partial charge in [0.15, 0.2) is 11.0 Å². The number of anilines is 3. The van der Waals surface area contributed by atoms with Crippen LogP contribution in [0.15, 0.2) is 30.6 Å². The molecule has 0 radical (unpaired) electrons. The number of benzene rings is 1. The molecule has 0 spiro atoms. The van der Waals surface area contributed by atoms with Crippen LogP contribution >= 0.6 is 11.6 Å². The van der Waals surface area contributed by atoms with Gasteiger partial charge in [-0.15, -0.1) is 0 Å². The summed E-state index contributed by atoms with van der Waals surface area (Å²) in [7, 11) is 0. The molecule has 0 saturated carbocycles. The second-order valence-electron chi connectivity index (χ2n) is 6.10. The van der Waals surface area contributed by atoms with Crippen molar-refractivity contribution in [1.29, 1.82) is 0 Å². The minimum atomic E-state index is -0.517. The fourth-order valence-electron chi connectivity index (χ4n) is 1.80. The molecule has 2 aromatic rings. The van der Waals surface area contributed by atoms with Crippen LogP contribution in [0.1, 0.15) is 26.3 Å². The molecule has 4 N–H and O–H groups in total. The Bertz CT molecular complexity index is 713. The average Bonchev–Trinajstić information content (AvgIpc) is 2.49. The Kier molecular flexibility index (Phi) is 5.46. The lowest BCUT2D eigenvalue weighted by molar-refractivity contribution is 0.0523. The van der Waals surface area contributed by atoms with Crippen LogP contribution in [-0.4, -0.2) is 21.7 Å². The lowest BCUT2D eigenvalue weighted by atomic mass is 10.2. The molecule has 0 aliphatic heterocycles. The summed E-state index contributed by atoms with van der Waals surface area (Å²) in [5.74, 6) is 0.439. The van der Waals surface area contributed by atoms with Crippen LogP contribution in [0.5, 0.6) is 0 Å². The Balaban J connectivity index is 1.93. The standard InChI is InChI=1S/C16H20ClN5O2/c1-16(2,3)24-15(23)19-8-10-4-6-11(7-5-10)22-14-12(18)13(17)20-9-21-14/h4-7,9H,8,18H2,1-3H3,(H,19,23)(H,20,21,22). The fourth-order valence-corrected chi connectivity index (χ4v) is 1.94. The van der Waals surface area contributed by atoms with E-state index < -0.39 is 11.7 Å². The molecule has 8 heteroatoms. The first-order chi connectivity index (χ1) is 11.2. The summed E-state index contributed by atoms with van der Waals surface area (Å²) in [6.45, 7) is 5.82. The van der Waals surface area contributed by atoms with E-state index in [9.17, 15) is 4.79 Å². The van der Waals surface area contributed by atoms with E-state index in [0.29, 0.717) is 12.4 Å². The topological polar surface area (TPSA) is 102 Å². The van der Waals surface area contributed by atoms with Gasteiger partial charge in [-0.25, -0.2) is 14.8 Å². The van der Waals surface area contributed by atoms with Gasteiger partial charge in [-0.2, -0.15) is 0 Å². The van der Waals surface area contributed by atoms with Crippen molar-refractivity contribution in [3.05, 3.63) is 41.3 Å². The third kappa shape index (κ3) is 5.27. The molecule has 1 aromatic carbocycles. The third-order valence-corrected chi connectivity index (χ3v) is 3.19. The highest BCUT2D eigenvalue weighted by Crippen LogP contribution is 2.25. The first-order valence-electron chi connectivity index (χ1n) is 7.33. The second-order valence-corrected chi connectivity index (χ2v) is 6.46. The number of hydrogen-bond donors (Lipinski definition) is 3. The number of ether oxygens (including phenoxy) is 1. The number of alkyl carbamates (subject to hydrolysis) is 1. The molecule has 7 nitrogen and oxygen atoms in total. The van der Waals surface area contributed by atoms with Gasteiger partial charge >= 0.3 is 6.09 Å². The van der Waals surface area contributed by atoms with E-state index in [4.69, 9.17) is 22.1 Å². The van der Waals surface area contributed by atoms with Crippen LogP contribution in [0.4, 0.5) is 22.0 Å². The van der Waals surface area contributed by atoms with Crippen molar-refractivity contribution in [2.75, 3.05) is 11.1 Å². The van der Waals surface area contributed by atoms with E-state index >= 15 is 0 Å². The first-order valence-corrected chi connectivity index (χ1v) is 7.71. The average molecular weight is 350 g/mol. The number of nitrogens with two attached hydrogens (primary N) is 1. The number of carbonyl (C=O) groups is 1. The molecular weight excluding hydrogens is 330 g/mol. The molecule has 0 unspecified atom stereocenters. The SMILES string of the molecule is CC(C)(C)OC(=O)NCc1ccc(Nc2ncnc(Cl)c2N)cc1. The summed E-state index contributed by atoms with van der Waals surface area (Å²) < 4.78 is 5.18. The van der Waals surface area contributed by atoms with Gasteiger partial charge in [0.1, 0.15) is 17.6 Å². The van der Waals surface area contributed by atoms with E-state index in [1.165, 1.54) is 6.33 Å². The number of carbonyl (C=O) groups excluding carboxylic acids is 1. The zero-order valence-electron chi connectivity index (χ0n) is 13.8. The number of amides is 1. The van der Waals surface area contributed by atoms with Crippen LogP contribution in [0.25, 0.3) is 0 Å². The van der Waals surface area contributed by atoms with Crippen LogP contribution in [0.2, 0.25) is 5.15 Å². The maximum Gasteiger partial charge on any atom is 0.407 e. The number of halogens is 1. The molecule has 0 aliphatic rings. The number of nitrogen functional groups attached to an aromatic ring is 1. The summed E-state index contributed by atoms with van der Waals surface area (Å²) in [4.78, 5) is 19.5. The van der Waals surface area contributed by atoms with Gasteiger partial charge < -0.3 is 21.1 Å². The second kappa shape index (κ2) is 7.35. The zero-order chi connectivity index (χ0) is 17.7. The Labute approximate surface area is 145 Å².